The molecule has 0 fully saturated rings. The molecular weight excluding hydrogens is 270 g/mol. The average molecular weight is 289 g/mol. The van der Waals surface area contributed by atoms with E-state index in [4.69, 9.17) is 15.2 Å². The Hall–Kier alpha value is -1.65. The Labute approximate surface area is 124 Å². The highest BCUT2D eigenvalue weighted by atomic mass is 32.2. The van der Waals surface area contributed by atoms with Crippen LogP contribution in [0.4, 0.5) is 0 Å². The smallest absolute Gasteiger partial charge is 0.139 e. The molecule has 0 bridgehead atoms. The Morgan fingerprint density at radius 2 is 1.80 bits per heavy atom. The van der Waals surface area contributed by atoms with Gasteiger partial charge in [-0.2, -0.15) is 0 Å². The molecule has 0 saturated heterocycles. The van der Waals surface area contributed by atoms with Gasteiger partial charge in [0.25, 0.3) is 0 Å². The molecule has 0 heterocycles. The van der Waals surface area contributed by atoms with Crippen molar-refractivity contribution in [3.63, 3.8) is 0 Å². The number of rotatable bonds is 6. The van der Waals surface area contributed by atoms with E-state index in [1.165, 1.54) is 4.90 Å². The first kappa shape index (κ1) is 14.8. The maximum Gasteiger partial charge on any atom is 0.139 e. The van der Waals surface area contributed by atoms with E-state index in [0.717, 1.165) is 17.1 Å². The minimum Gasteiger partial charge on any atom is -0.496 e. The maximum absolute atomic E-state index is 5.98. The Kier molecular flexibility index (Phi) is 5.32. The fourth-order valence-electron chi connectivity index (χ4n) is 1.99. The lowest BCUT2D eigenvalue weighted by atomic mass is 10.1. The third-order valence-electron chi connectivity index (χ3n) is 3.04. The number of benzene rings is 2. The maximum atomic E-state index is 5.98. The Morgan fingerprint density at radius 1 is 1.10 bits per heavy atom. The van der Waals surface area contributed by atoms with Crippen LogP contribution in [-0.2, 0) is 0 Å². The number of nitrogens with two attached hydrogens (primary N) is 1. The molecule has 106 valence electrons. The van der Waals surface area contributed by atoms with Gasteiger partial charge in [0.2, 0.25) is 0 Å². The van der Waals surface area contributed by atoms with Gasteiger partial charge in [0.1, 0.15) is 17.6 Å². The summed E-state index contributed by atoms with van der Waals surface area (Å²) in [6, 6.07) is 15.8. The van der Waals surface area contributed by atoms with Crippen LogP contribution >= 0.6 is 11.8 Å². The van der Waals surface area contributed by atoms with Gasteiger partial charge in [-0.25, -0.2) is 0 Å². The molecule has 0 aliphatic heterocycles. The van der Waals surface area contributed by atoms with Crippen molar-refractivity contribution >= 4 is 11.8 Å². The predicted octanol–water partition coefficient (Wildman–Crippen LogP) is 3.50. The van der Waals surface area contributed by atoms with Crippen molar-refractivity contribution in [1.82, 2.24) is 0 Å². The number of thioether (sulfide) groups is 1. The minimum atomic E-state index is -0.216. The summed E-state index contributed by atoms with van der Waals surface area (Å²) < 4.78 is 11.3. The third-order valence-corrected chi connectivity index (χ3v) is 3.78. The van der Waals surface area contributed by atoms with Gasteiger partial charge in [-0.3, -0.25) is 0 Å². The lowest BCUT2D eigenvalue weighted by Gasteiger charge is -2.20. The number of para-hydroxylation sites is 1. The first-order chi connectivity index (χ1) is 9.78. The van der Waals surface area contributed by atoms with Crippen molar-refractivity contribution in [3.8, 4) is 11.5 Å². The molecule has 0 aliphatic carbocycles. The number of methoxy groups -OCH3 is 1. The van der Waals surface area contributed by atoms with E-state index in [1.54, 1.807) is 18.9 Å². The summed E-state index contributed by atoms with van der Waals surface area (Å²) in [6.45, 7) is 0.394. The lowest BCUT2D eigenvalue weighted by Crippen LogP contribution is -2.19. The summed E-state index contributed by atoms with van der Waals surface area (Å²) in [5, 5.41) is 0. The summed E-state index contributed by atoms with van der Waals surface area (Å²) in [6.07, 6.45) is 1.83. The van der Waals surface area contributed by atoms with Crippen LogP contribution in [0.2, 0.25) is 0 Å². The molecule has 2 aromatic carbocycles. The van der Waals surface area contributed by atoms with Crippen LogP contribution in [0, 0.1) is 0 Å². The summed E-state index contributed by atoms with van der Waals surface area (Å²) in [4.78, 5) is 1.21. The highest BCUT2D eigenvalue weighted by Crippen LogP contribution is 2.29. The second-order valence-corrected chi connectivity index (χ2v) is 5.14. The van der Waals surface area contributed by atoms with Gasteiger partial charge >= 0.3 is 0 Å². The zero-order valence-corrected chi connectivity index (χ0v) is 12.5. The molecule has 0 saturated carbocycles. The van der Waals surface area contributed by atoms with Crippen molar-refractivity contribution < 1.29 is 9.47 Å². The van der Waals surface area contributed by atoms with Crippen LogP contribution in [0.5, 0.6) is 11.5 Å². The van der Waals surface area contributed by atoms with E-state index < -0.39 is 0 Å². The number of hydrogen-bond acceptors (Lipinski definition) is 4. The Balaban J connectivity index is 2.19. The van der Waals surface area contributed by atoms with Crippen LogP contribution in [0.15, 0.2) is 53.4 Å². The first-order valence-corrected chi connectivity index (χ1v) is 7.64. The molecule has 4 heteroatoms. The molecule has 1 unspecified atom stereocenters. The van der Waals surface area contributed by atoms with Gasteiger partial charge in [-0.1, -0.05) is 18.2 Å². The van der Waals surface area contributed by atoms with E-state index >= 15 is 0 Å². The third kappa shape index (κ3) is 3.46. The van der Waals surface area contributed by atoms with Crippen LogP contribution in [0.1, 0.15) is 11.7 Å². The van der Waals surface area contributed by atoms with Crippen molar-refractivity contribution in [1.29, 1.82) is 0 Å². The molecule has 20 heavy (non-hydrogen) atoms. The second kappa shape index (κ2) is 7.22. The standard InChI is InChI=1S/C16H19NO2S/c1-18-15-6-4-3-5-14(15)16(11-17)19-12-7-9-13(20-2)10-8-12/h3-10,16H,11,17H2,1-2H3. The van der Waals surface area contributed by atoms with Gasteiger partial charge in [-0.15, -0.1) is 11.8 Å². The molecule has 3 nitrogen and oxygen atoms in total. The molecule has 0 radical (unpaired) electrons. The Bertz CT molecular complexity index is 542. The van der Waals surface area contributed by atoms with Gasteiger partial charge < -0.3 is 15.2 Å². The van der Waals surface area contributed by atoms with Crippen molar-refractivity contribution in [2.45, 2.75) is 11.0 Å². The average Bonchev–Trinajstić information content (AvgIpc) is 2.53. The molecule has 2 rings (SSSR count). The van der Waals surface area contributed by atoms with E-state index in [-0.39, 0.29) is 6.10 Å². The highest BCUT2D eigenvalue weighted by Gasteiger charge is 2.16. The zero-order valence-electron chi connectivity index (χ0n) is 11.7. The minimum absolute atomic E-state index is 0.216. The summed E-state index contributed by atoms with van der Waals surface area (Å²) in [5.41, 5.74) is 6.81. The molecule has 0 aromatic heterocycles. The number of ether oxygens (including phenoxy) is 2. The monoisotopic (exact) mass is 289 g/mol. The predicted molar refractivity (Wildman–Crippen MR) is 83.6 cm³/mol. The molecule has 0 aliphatic rings. The quantitative estimate of drug-likeness (QED) is 0.827. The molecule has 0 amide bonds. The van der Waals surface area contributed by atoms with Crippen molar-refractivity contribution in [2.24, 2.45) is 5.73 Å². The van der Waals surface area contributed by atoms with Crippen LogP contribution in [0.25, 0.3) is 0 Å². The fourth-order valence-corrected chi connectivity index (χ4v) is 2.40. The largest absolute Gasteiger partial charge is 0.496 e. The molecular formula is C16H19NO2S. The zero-order chi connectivity index (χ0) is 14.4. The van der Waals surface area contributed by atoms with Gasteiger partial charge in [0.15, 0.2) is 0 Å². The van der Waals surface area contributed by atoms with Gasteiger partial charge in [-0.05, 0) is 36.6 Å². The van der Waals surface area contributed by atoms with Crippen molar-refractivity contribution in [2.75, 3.05) is 19.9 Å². The molecule has 0 spiro atoms. The molecule has 2 aromatic rings. The highest BCUT2D eigenvalue weighted by molar-refractivity contribution is 7.98. The van der Waals surface area contributed by atoms with E-state index in [1.807, 2.05) is 54.8 Å². The summed E-state index contributed by atoms with van der Waals surface area (Å²) >= 11 is 1.70. The SMILES string of the molecule is COc1ccccc1C(CN)Oc1ccc(SC)cc1. The lowest BCUT2D eigenvalue weighted by molar-refractivity contribution is 0.209. The van der Waals surface area contributed by atoms with E-state index in [0.29, 0.717) is 6.54 Å². The van der Waals surface area contributed by atoms with Crippen LogP contribution in [0.3, 0.4) is 0 Å². The topological polar surface area (TPSA) is 44.5 Å². The van der Waals surface area contributed by atoms with Gasteiger partial charge in [0.05, 0.1) is 7.11 Å². The van der Waals surface area contributed by atoms with Crippen LogP contribution < -0.4 is 15.2 Å². The van der Waals surface area contributed by atoms with E-state index in [2.05, 4.69) is 0 Å². The second-order valence-electron chi connectivity index (χ2n) is 4.26. The Morgan fingerprint density at radius 3 is 2.40 bits per heavy atom. The first-order valence-electron chi connectivity index (χ1n) is 6.42. The molecule has 2 N–H and O–H groups in total. The summed E-state index contributed by atoms with van der Waals surface area (Å²) in [7, 11) is 1.65. The summed E-state index contributed by atoms with van der Waals surface area (Å²) in [5.74, 6) is 1.60. The van der Waals surface area contributed by atoms with Gasteiger partial charge in [0, 0.05) is 17.0 Å². The van der Waals surface area contributed by atoms with E-state index in [9.17, 15) is 0 Å². The fraction of sp³-hybridized carbons (Fsp3) is 0.250. The van der Waals surface area contributed by atoms with Crippen LogP contribution in [-0.4, -0.2) is 19.9 Å². The molecule has 1 atom stereocenters. The van der Waals surface area contributed by atoms with Crippen molar-refractivity contribution in [3.05, 3.63) is 54.1 Å². The number of hydrogen-bond donors (Lipinski definition) is 1. The normalized spacial score (nSPS) is 11.9.